The van der Waals surface area contributed by atoms with Gasteiger partial charge in [0, 0.05) is 5.88 Å². The average Bonchev–Trinajstić information content (AvgIpc) is 2.29. The molecule has 16 heavy (non-hydrogen) atoms. The van der Waals surface area contributed by atoms with Crippen LogP contribution in [0.15, 0.2) is 30.3 Å². The second-order valence-electron chi connectivity index (χ2n) is 4.75. The lowest BCUT2D eigenvalue weighted by molar-refractivity contribution is 0.136. The lowest BCUT2D eigenvalue weighted by Gasteiger charge is -2.40. The normalized spacial score (nSPS) is 17.8. The van der Waals surface area contributed by atoms with E-state index in [9.17, 15) is 0 Å². The van der Waals surface area contributed by atoms with Crippen molar-refractivity contribution in [2.24, 2.45) is 5.41 Å². The van der Waals surface area contributed by atoms with Crippen LogP contribution in [-0.2, 0) is 0 Å². The quantitative estimate of drug-likeness (QED) is 0.532. The van der Waals surface area contributed by atoms with Gasteiger partial charge in [0.25, 0.3) is 0 Å². The van der Waals surface area contributed by atoms with Gasteiger partial charge < -0.3 is 4.74 Å². The van der Waals surface area contributed by atoms with Crippen molar-refractivity contribution in [1.29, 1.82) is 0 Å². The van der Waals surface area contributed by atoms with Gasteiger partial charge in [-0.25, -0.2) is 0 Å². The molecular weight excluding hydrogens is 220 g/mol. The van der Waals surface area contributed by atoms with Crippen LogP contribution in [0.2, 0.25) is 0 Å². The molecule has 2 rings (SSSR count). The largest absolute Gasteiger partial charge is 0.494 e. The number of ether oxygens (including phenoxy) is 1. The minimum Gasteiger partial charge on any atom is -0.494 e. The third-order valence-electron chi connectivity index (χ3n) is 3.56. The van der Waals surface area contributed by atoms with E-state index < -0.39 is 0 Å². The van der Waals surface area contributed by atoms with Gasteiger partial charge in [-0.1, -0.05) is 24.6 Å². The van der Waals surface area contributed by atoms with Crippen LogP contribution in [0.4, 0.5) is 0 Å². The maximum atomic E-state index is 6.02. The smallest absolute Gasteiger partial charge is 0.119 e. The highest BCUT2D eigenvalue weighted by atomic mass is 35.5. The topological polar surface area (TPSA) is 9.23 Å². The predicted octanol–water partition coefficient (Wildman–Crippen LogP) is 4.25. The maximum Gasteiger partial charge on any atom is 0.119 e. The first-order valence-electron chi connectivity index (χ1n) is 6.08. The van der Waals surface area contributed by atoms with Crippen LogP contribution >= 0.6 is 11.6 Å². The summed E-state index contributed by atoms with van der Waals surface area (Å²) in [6.45, 7) is 0.808. The zero-order valence-corrected chi connectivity index (χ0v) is 10.4. The van der Waals surface area contributed by atoms with Crippen LogP contribution in [0.25, 0.3) is 0 Å². The zero-order chi connectivity index (χ0) is 11.3. The van der Waals surface area contributed by atoms with E-state index in [0.717, 1.165) is 24.7 Å². The van der Waals surface area contributed by atoms with Gasteiger partial charge in [-0.3, -0.25) is 0 Å². The average molecular weight is 239 g/mol. The molecule has 88 valence electrons. The van der Waals surface area contributed by atoms with Gasteiger partial charge in [0.15, 0.2) is 0 Å². The van der Waals surface area contributed by atoms with E-state index in [0.29, 0.717) is 5.41 Å². The van der Waals surface area contributed by atoms with E-state index in [1.54, 1.807) is 0 Å². The van der Waals surface area contributed by atoms with Crippen LogP contribution < -0.4 is 4.74 Å². The minimum atomic E-state index is 0.446. The lowest BCUT2D eigenvalue weighted by atomic mass is 9.67. The number of rotatable bonds is 6. The summed E-state index contributed by atoms with van der Waals surface area (Å²) >= 11 is 6.02. The monoisotopic (exact) mass is 238 g/mol. The van der Waals surface area contributed by atoms with Crippen LogP contribution in [0.5, 0.6) is 5.75 Å². The van der Waals surface area contributed by atoms with Gasteiger partial charge in [-0.2, -0.15) is 0 Å². The van der Waals surface area contributed by atoms with Crippen LogP contribution in [0.1, 0.15) is 32.1 Å². The summed E-state index contributed by atoms with van der Waals surface area (Å²) in [4.78, 5) is 0. The second-order valence-corrected chi connectivity index (χ2v) is 5.02. The van der Waals surface area contributed by atoms with Gasteiger partial charge in [-0.05, 0) is 43.2 Å². The summed E-state index contributed by atoms with van der Waals surface area (Å²) in [6.07, 6.45) is 6.29. The SMILES string of the molecule is ClCC1(CCCOc2ccccc2)CCC1. The Morgan fingerprint density at radius 1 is 1.19 bits per heavy atom. The molecule has 1 aromatic carbocycles. The van der Waals surface area contributed by atoms with Crippen molar-refractivity contribution in [2.75, 3.05) is 12.5 Å². The Balaban J connectivity index is 1.65. The standard InChI is InChI=1S/C14H19ClO/c15-12-14(8-4-9-14)10-5-11-16-13-6-2-1-3-7-13/h1-3,6-7H,4-5,8-12H2. The van der Waals surface area contributed by atoms with Crippen LogP contribution in [-0.4, -0.2) is 12.5 Å². The molecule has 1 nitrogen and oxygen atoms in total. The van der Waals surface area contributed by atoms with Gasteiger partial charge in [-0.15, -0.1) is 11.6 Å². The Labute approximate surface area is 103 Å². The molecule has 1 aromatic rings. The second kappa shape index (κ2) is 5.58. The molecule has 0 radical (unpaired) electrons. The minimum absolute atomic E-state index is 0.446. The van der Waals surface area contributed by atoms with E-state index in [4.69, 9.17) is 16.3 Å². The first-order valence-corrected chi connectivity index (χ1v) is 6.62. The zero-order valence-electron chi connectivity index (χ0n) is 9.62. The van der Waals surface area contributed by atoms with Crippen molar-refractivity contribution in [2.45, 2.75) is 32.1 Å². The third-order valence-corrected chi connectivity index (χ3v) is 4.13. The lowest BCUT2D eigenvalue weighted by Crippen LogP contribution is -2.31. The van der Waals surface area contributed by atoms with E-state index >= 15 is 0 Å². The molecule has 0 heterocycles. The number of halogens is 1. The van der Waals surface area contributed by atoms with Crippen molar-refractivity contribution in [3.63, 3.8) is 0 Å². The van der Waals surface area contributed by atoms with E-state index in [1.807, 2.05) is 30.3 Å². The molecular formula is C14H19ClO. The summed E-state index contributed by atoms with van der Waals surface area (Å²) in [6, 6.07) is 10.0. The van der Waals surface area contributed by atoms with E-state index in [1.165, 1.54) is 25.7 Å². The molecule has 1 saturated carbocycles. The Morgan fingerprint density at radius 2 is 1.94 bits per heavy atom. The van der Waals surface area contributed by atoms with Crippen molar-refractivity contribution in [1.82, 2.24) is 0 Å². The molecule has 0 bridgehead atoms. The Kier molecular flexibility index (Phi) is 4.11. The van der Waals surface area contributed by atoms with Crippen LogP contribution in [0.3, 0.4) is 0 Å². The fourth-order valence-corrected chi connectivity index (χ4v) is 2.68. The predicted molar refractivity (Wildman–Crippen MR) is 68.2 cm³/mol. The Bertz CT molecular complexity index is 300. The van der Waals surface area contributed by atoms with Crippen molar-refractivity contribution < 1.29 is 4.74 Å². The number of hydrogen-bond acceptors (Lipinski definition) is 1. The Morgan fingerprint density at radius 3 is 2.50 bits per heavy atom. The molecule has 2 heteroatoms. The van der Waals surface area contributed by atoms with E-state index in [2.05, 4.69) is 0 Å². The molecule has 1 aliphatic rings. The molecule has 0 saturated heterocycles. The van der Waals surface area contributed by atoms with E-state index in [-0.39, 0.29) is 0 Å². The summed E-state index contributed by atoms with van der Waals surface area (Å²) in [7, 11) is 0. The third kappa shape index (κ3) is 2.91. The highest BCUT2D eigenvalue weighted by Gasteiger charge is 2.35. The molecule has 1 aliphatic carbocycles. The first kappa shape index (κ1) is 11.8. The fraction of sp³-hybridized carbons (Fsp3) is 0.571. The summed E-state index contributed by atoms with van der Waals surface area (Å²) in [5.74, 6) is 1.79. The molecule has 0 N–H and O–H groups in total. The molecule has 0 unspecified atom stereocenters. The maximum absolute atomic E-state index is 6.02. The van der Waals surface area contributed by atoms with Crippen molar-refractivity contribution in [3.05, 3.63) is 30.3 Å². The number of alkyl halides is 1. The van der Waals surface area contributed by atoms with Gasteiger partial charge in [0.05, 0.1) is 6.61 Å². The fourth-order valence-electron chi connectivity index (χ4n) is 2.28. The van der Waals surface area contributed by atoms with Gasteiger partial charge in [0.1, 0.15) is 5.75 Å². The summed E-state index contributed by atoms with van der Waals surface area (Å²) in [5.41, 5.74) is 0.446. The first-order chi connectivity index (χ1) is 7.85. The van der Waals surface area contributed by atoms with Gasteiger partial charge in [0.2, 0.25) is 0 Å². The number of hydrogen-bond donors (Lipinski definition) is 0. The summed E-state index contributed by atoms with van der Waals surface area (Å²) in [5, 5.41) is 0. The van der Waals surface area contributed by atoms with Crippen molar-refractivity contribution >= 4 is 11.6 Å². The van der Waals surface area contributed by atoms with Crippen molar-refractivity contribution in [3.8, 4) is 5.75 Å². The molecule has 0 aromatic heterocycles. The highest BCUT2D eigenvalue weighted by Crippen LogP contribution is 2.45. The van der Waals surface area contributed by atoms with Crippen LogP contribution in [0, 0.1) is 5.41 Å². The number of para-hydroxylation sites is 1. The molecule has 1 fully saturated rings. The molecule has 0 aliphatic heterocycles. The highest BCUT2D eigenvalue weighted by molar-refractivity contribution is 6.18. The summed E-state index contributed by atoms with van der Waals surface area (Å²) < 4.78 is 5.67. The molecule has 0 atom stereocenters. The number of benzene rings is 1. The molecule has 0 spiro atoms. The van der Waals surface area contributed by atoms with Gasteiger partial charge >= 0.3 is 0 Å². The molecule has 0 amide bonds. The Hall–Kier alpha value is -0.690.